The van der Waals surface area contributed by atoms with Crippen molar-refractivity contribution < 1.29 is 24.3 Å². The third-order valence-corrected chi connectivity index (χ3v) is 4.40. The van der Waals surface area contributed by atoms with E-state index in [1.807, 2.05) is 0 Å². The number of rotatable bonds is 13. The summed E-state index contributed by atoms with van der Waals surface area (Å²) >= 11 is 7.84. The Balaban J connectivity index is 4.62. The summed E-state index contributed by atoms with van der Waals surface area (Å²) < 4.78 is 0. The van der Waals surface area contributed by atoms with Crippen LogP contribution in [0.1, 0.15) is 26.2 Å². The minimum absolute atomic E-state index is 0.0598. The summed E-state index contributed by atoms with van der Waals surface area (Å²) in [5.41, 5.74) is 11.1. The van der Waals surface area contributed by atoms with Gasteiger partial charge in [0.15, 0.2) is 0 Å². The summed E-state index contributed by atoms with van der Waals surface area (Å²) in [6.07, 6.45) is 1.89. The van der Waals surface area contributed by atoms with E-state index in [-0.39, 0.29) is 11.5 Å². The molecule has 0 radical (unpaired) electrons. The van der Waals surface area contributed by atoms with Crippen LogP contribution in [-0.2, 0) is 19.2 Å². The van der Waals surface area contributed by atoms with E-state index in [0.29, 0.717) is 19.4 Å². The van der Waals surface area contributed by atoms with Crippen LogP contribution in [-0.4, -0.2) is 71.0 Å². The molecule has 8 N–H and O–H groups in total. The molecule has 27 heavy (non-hydrogen) atoms. The number of carbonyl (C=O) groups is 4. The number of aliphatic carboxylic acids is 1. The second-order valence-corrected chi connectivity index (χ2v) is 6.68. The van der Waals surface area contributed by atoms with Gasteiger partial charge in [-0.3, -0.25) is 14.4 Å². The Bertz CT molecular complexity index is 523. The molecule has 0 aliphatic rings. The first-order valence-electron chi connectivity index (χ1n) is 8.49. The van der Waals surface area contributed by atoms with Crippen LogP contribution in [0.5, 0.6) is 0 Å². The molecule has 0 aromatic heterocycles. The number of nitrogens with two attached hydrogens (primary N) is 2. The first-order chi connectivity index (χ1) is 12.7. The molecule has 0 aromatic rings. The van der Waals surface area contributed by atoms with E-state index in [1.165, 1.54) is 6.92 Å². The molecule has 0 aliphatic carbocycles. The van der Waals surface area contributed by atoms with E-state index < -0.39 is 47.9 Å². The predicted octanol–water partition coefficient (Wildman–Crippen LogP) is -2.14. The van der Waals surface area contributed by atoms with Crippen molar-refractivity contribution in [1.29, 1.82) is 0 Å². The SMILES string of the molecule is CC(NC(=O)C(N)CCCCN)C(=O)NC(CS)C(=O)NC(CS)C(=O)O. The van der Waals surface area contributed by atoms with Gasteiger partial charge in [-0.25, -0.2) is 4.79 Å². The maximum Gasteiger partial charge on any atom is 0.327 e. The Morgan fingerprint density at radius 1 is 0.926 bits per heavy atom. The number of hydrogen-bond donors (Lipinski definition) is 8. The van der Waals surface area contributed by atoms with Crippen LogP contribution in [0.3, 0.4) is 0 Å². The summed E-state index contributed by atoms with van der Waals surface area (Å²) in [6.45, 7) is 1.96. The highest BCUT2D eigenvalue weighted by molar-refractivity contribution is 7.80. The average molecular weight is 424 g/mol. The highest BCUT2D eigenvalue weighted by atomic mass is 32.1. The molecule has 0 aliphatic heterocycles. The Morgan fingerprint density at radius 2 is 1.48 bits per heavy atom. The quantitative estimate of drug-likeness (QED) is 0.123. The molecule has 10 nitrogen and oxygen atoms in total. The molecule has 0 fully saturated rings. The van der Waals surface area contributed by atoms with Crippen LogP contribution in [0.25, 0.3) is 0 Å². The molecule has 0 bridgehead atoms. The topological polar surface area (TPSA) is 177 Å². The number of amides is 3. The van der Waals surface area contributed by atoms with Crippen molar-refractivity contribution in [3.8, 4) is 0 Å². The summed E-state index contributed by atoms with van der Waals surface area (Å²) in [4.78, 5) is 47.2. The van der Waals surface area contributed by atoms with Crippen LogP contribution in [0.15, 0.2) is 0 Å². The molecule has 0 saturated heterocycles. The molecular weight excluding hydrogens is 394 g/mol. The van der Waals surface area contributed by atoms with Crippen molar-refractivity contribution in [2.24, 2.45) is 11.5 Å². The highest BCUT2D eigenvalue weighted by Gasteiger charge is 2.27. The largest absolute Gasteiger partial charge is 0.480 e. The molecule has 4 unspecified atom stereocenters. The van der Waals surface area contributed by atoms with Crippen molar-refractivity contribution >= 4 is 48.9 Å². The lowest BCUT2D eigenvalue weighted by molar-refractivity contribution is -0.141. The molecule has 12 heteroatoms. The van der Waals surface area contributed by atoms with E-state index in [4.69, 9.17) is 16.6 Å². The van der Waals surface area contributed by atoms with Crippen molar-refractivity contribution in [2.75, 3.05) is 18.1 Å². The Labute approximate surface area is 169 Å². The minimum atomic E-state index is -1.24. The molecular formula is C15H29N5O5S2. The Morgan fingerprint density at radius 3 is 1.96 bits per heavy atom. The lowest BCUT2D eigenvalue weighted by atomic mass is 10.1. The average Bonchev–Trinajstić information content (AvgIpc) is 2.63. The monoisotopic (exact) mass is 423 g/mol. The molecule has 4 atom stereocenters. The van der Waals surface area contributed by atoms with Gasteiger partial charge in [0.25, 0.3) is 0 Å². The lowest BCUT2D eigenvalue weighted by Gasteiger charge is -2.22. The van der Waals surface area contributed by atoms with Crippen LogP contribution < -0.4 is 27.4 Å². The van der Waals surface area contributed by atoms with Crippen LogP contribution in [0.4, 0.5) is 0 Å². The van der Waals surface area contributed by atoms with Gasteiger partial charge in [-0.1, -0.05) is 6.42 Å². The van der Waals surface area contributed by atoms with Gasteiger partial charge in [-0.2, -0.15) is 25.3 Å². The second kappa shape index (κ2) is 13.6. The summed E-state index contributed by atoms with van der Waals surface area (Å²) in [5, 5.41) is 16.1. The molecule has 0 heterocycles. The van der Waals surface area contributed by atoms with Crippen molar-refractivity contribution in [3.05, 3.63) is 0 Å². The van der Waals surface area contributed by atoms with E-state index >= 15 is 0 Å². The fourth-order valence-corrected chi connectivity index (χ4v) is 2.48. The van der Waals surface area contributed by atoms with Gasteiger partial charge in [-0.15, -0.1) is 0 Å². The second-order valence-electron chi connectivity index (χ2n) is 5.95. The first-order valence-corrected chi connectivity index (χ1v) is 9.75. The smallest absolute Gasteiger partial charge is 0.327 e. The van der Waals surface area contributed by atoms with Crippen molar-refractivity contribution in [1.82, 2.24) is 16.0 Å². The zero-order chi connectivity index (χ0) is 21.0. The summed E-state index contributed by atoms with van der Waals surface area (Å²) in [5.74, 6) is -3.23. The first kappa shape index (κ1) is 25.5. The fraction of sp³-hybridized carbons (Fsp3) is 0.733. The van der Waals surface area contributed by atoms with Crippen molar-refractivity contribution in [3.63, 3.8) is 0 Å². The molecule has 0 aromatic carbocycles. The maximum atomic E-state index is 12.2. The molecule has 156 valence electrons. The van der Waals surface area contributed by atoms with Crippen molar-refractivity contribution in [2.45, 2.75) is 50.4 Å². The molecule has 0 spiro atoms. The molecule has 3 amide bonds. The zero-order valence-corrected chi connectivity index (χ0v) is 17.0. The third-order valence-electron chi connectivity index (χ3n) is 3.67. The summed E-state index contributed by atoms with van der Waals surface area (Å²) in [6, 6.07) is -3.96. The molecule has 0 saturated carbocycles. The summed E-state index contributed by atoms with van der Waals surface area (Å²) in [7, 11) is 0. The van der Waals surface area contributed by atoms with Gasteiger partial charge < -0.3 is 32.5 Å². The van der Waals surface area contributed by atoms with Crippen LogP contribution >= 0.6 is 25.3 Å². The van der Waals surface area contributed by atoms with Gasteiger partial charge in [0, 0.05) is 11.5 Å². The number of carbonyl (C=O) groups excluding carboxylic acids is 3. The number of thiol groups is 2. The predicted molar refractivity (Wildman–Crippen MR) is 108 cm³/mol. The van der Waals surface area contributed by atoms with E-state index in [9.17, 15) is 19.2 Å². The van der Waals surface area contributed by atoms with Gasteiger partial charge in [0.1, 0.15) is 18.1 Å². The Hall–Kier alpha value is -1.50. The zero-order valence-electron chi connectivity index (χ0n) is 15.2. The normalized spacial score (nSPS) is 15.1. The standard InChI is InChI=1S/C15H29N5O5S2/c1-8(18-13(22)9(17)4-2-3-5-16)12(21)19-10(6-26)14(23)20-11(7-27)15(24)25/h8-11,26-27H,2-7,16-17H2,1H3,(H,18,22)(H,19,21)(H,20,23)(H,24,25). The highest BCUT2D eigenvalue weighted by Crippen LogP contribution is 1.99. The number of carboxylic acids is 1. The van der Waals surface area contributed by atoms with Gasteiger partial charge in [0.2, 0.25) is 17.7 Å². The van der Waals surface area contributed by atoms with E-state index in [1.54, 1.807) is 0 Å². The van der Waals surface area contributed by atoms with Gasteiger partial charge in [-0.05, 0) is 26.3 Å². The number of carboxylic acid groups (broad SMARTS) is 1. The van der Waals surface area contributed by atoms with Crippen LogP contribution in [0.2, 0.25) is 0 Å². The van der Waals surface area contributed by atoms with Gasteiger partial charge >= 0.3 is 5.97 Å². The maximum absolute atomic E-state index is 12.2. The fourth-order valence-electron chi connectivity index (χ4n) is 1.97. The van der Waals surface area contributed by atoms with Gasteiger partial charge in [0.05, 0.1) is 6.04 Å². The number of hydrogen-bond acceptors (Lipinski definition) is 8. The minimum Gasteiger partial charge on any atom is -0.480 e. The van der Waals surface area contributed by atoms with E-state index in [0.717, 1.165) is 6.42 Å². The van der Waals surface area contributed by atoms with Crippen LogP contribution in [0, 0.1) is 0 Å². The molecule has 0 rings (SSSR count). The number of nitrogens with one attached hydrogen (secondary N) is 3. The Kier molecular flexibility index (Phi) is 12.9. The lowest BCUT2D eigenvalue weighted by Crippen LogP contribution is -2.57. The van der Waals surface area contributed by atoms with E-state index in [2.05, 4.69) is 41.2 Å². The third kappa shape index (κ3) is 9.84. The number of unbranched alkanes of at least 4 members (excludes halogenated alkanes) is 1.